The van der Waals surface area contributed by atoms with Gasteiger partial charge in [0.1, 0.15) is 0 Å². The van der Waals surface area contributed by atoms with E-state index >= 15 is 0 Å². The van der Waals surface area contributed by atoms with Crippen LogP contribution in [0.15, 0.2) is 60.7 Å². The molecule has 0 aliphatic carbocycles. The highest BCUT2D eigenvalue weighted by molar-refractivity contribution is 5.88. The Kier molecular flexibility index (Phi) is 4.97. The minimum atomic E-state index is 1.14. The first-order chi connectivity index (χ1) is 11.3. The summed E-state index contributed by atoms with van der Waals surface area (Å²) in [4.78, 5) is 0. The predicted molar refractivity (Wildman–Crippen MR) is 102 cm³/mol. The number of benzene rings is 3. The second-order valence-corrected chi connectivity index (χ2v) is 6.18. The first-order valence-corrected chi connectivity index (χ1v) is 8.61. The van der Waals surface area contributed by atoms with Gasteiger partial charge in [-0.25, -0.2) is 0 Å². The van der Waals surface area contributed by atoms with Crippen molar-refractivity contribution in [1.82, 2.24) is 0 Å². The second-order valence-electron chi connectivity index (χ2n) is 6.18. The summed E-state index contributed by atoms with van der Waals surface area (Å²) in [6, 6.07) is 22.3. The van der Waals surface area contributed by atoms with Gasteiger partial charge in [-0.05, 0) is 58.5 Å². The molecule has 0 amide bonds. The van der Waals surface area contributed by atoms with Crippen LogP contribution in [-0.2, 0) is 6.42 Å². The van der Waals surface area contributed by atoms with Crippen molar-refractivity contribution in [3.8, 4) is 11.1 Å². The summed E-state index contributed by atoms with van der Waals surface area (Å²) >= 11 is 0. The summed E-state index contributed by atoms with van der Waals surface area (Å²) in [7, 11) is 1.95. The predicted octanol–water partition coefficient (Wildman–Crippen LogP) is 6.28. The number of unbranched alkanes of at least 4 members (excludes halogenated alkanes) is 2. The molecule has 0 aliphatic rings. The van der Waals surface area contributed by atoms with Crippen LogP contribution in [0.25, 0.3) is 21.9 Å². The van der Waals surface area contributed by atoms with Crippen LogP contribution in [0.5, 0.6) is 0 Å². The Morgan fingerprint density at radius 3 is 2.17 bits per heavy atom. The van der Waals surface area contributed by atoms with E-state index < -0.39 is 0 Å². The van der Waals surface area contributed by atoms with Crippen LogP contribution in [0.3, 0.4) is 0 Å². The van der Waals surface area contributed by atoms with Gasteiger partial charge in [-0.1, -0.05) is 62.2 Å². The quantitative estimate of drug-likeness (QED) is 0.528. The molecule has 0 heterocycles. The van der Waals surface area contributed by atoms with Crippen molar-refractivity contribution < 1.29 is 0 Å². The number of hydrogen-bond acceptors (Lipinski definition) is 1. The lowest BCUT2D eigenvalue weighted by molar-refractivity contribution is 0.718. The molecule has 0 bridgehead atoms. The Bertz CT molecular complexity index is 772. The minimum Gasteiger partial charge on any atom is -0.388 e. The molecule has 3 aromatic rings. The Balaban J connectivity index is 1.85. The molecule has 1 N–H and O–H groups in total. The Labute approximate surface area is 139 Å². The largest absolute Gasteiger partial charge is 0.388 e. The Morgan fingerprint density at radius 2 is 1.43 bits per heavy atom. The van der Waals surface area contributed by atoms with Crippen molar-refractivity contribution in [2.24, 2.45) is 0 Å². The molecule has 118 valence electrons. The molecule has 1 heteroatoms. The van der Waals surface area contributed by atoms with Crippen LogP contribution in [0, 0.1) is 0 Å². The molecular formula is C22H25N. The van der Waals surface area contributed by atoms with Crippen molar-refractivity contribution >= 4 is 16.5 Å². The molecule has 3 rings (SSSR count). The smallest absolute Gasteiger partial charge is 0.0337 e. The Morgan fingerprint density at radius 1 is 0.739 bits per heavy atom. The number of fused-ring (bicyclic) bond motifs is 1. The van der Waals surface area contributed by atoms with E-state index in [4.69, 9.17) is 0 Å². The lowest BCUT2D eigenvalue weighted by Gasteiger charge is -2.08. The third kappa shape index (κ3) is 3.73. The summed E-state index contributed by atoms with van der Waals surface area (Å²) in [5, 5.41) is 5.82. The van der Waals surface area contributed by atoms with Crippen LogP contribution in [0.2, 0.25) is 0 Å². The molecule has 1 nitrogen and oxygen atoms in total. The van der Waals surface area contributed by atoms with Crippen LogP contribution in [0.4, 0.5) is 5.69 Å². The van der Waals surface area contributed by atoms with E-state index in [1.165, 1.54) is 53.1 Å². The van der Waals surface area contributed by atoms with Gasteiger partial charge in [-0.3, -0.25) is 0 Å². The summed E-state index contributed by atoms with van der Waals surface area (Å²) in [6.45, 7) is 2.25. The SMILES string of the molecule is CCCCCc1ccc2cc(-c3ccc(NC)cc3)ccc2c1. The molecule has 0 atom stereocenters. The molecule has 0 aliphatic heterocycles. The number of hydrogen-bond donors (Lipinski definition) is 1. The fourth-order valence-corrected chi connectivity index (χ4v) is 3.04. The molecule has 0 unspecified atom stereocenters. The highest BCUT2D eigenvalue weighted by atomic mass is 14.8. The van der Waals surface area contributed by atoms with E-state index in [1.807, 2.05) is 7.05 Å². The zero-order valence-electron chi connectivity index (χ0n) is 14.1. The minimum absolute atomic E-state index is 1.14. The molecule has 0 saturated carbocycles. The van der Waals surface area contributed by atoms with Crippen LogP contribution >= 0.6 is 0 Å². The van der Waals surface area contributed by atoms with E-state index in [0.29, 0.717) is 0 Å². The summed E-state index contributed by atoms with van der Waals surface area (Å²) in [5.74, 6) is 0. The zero-order valence-corrected chi connectivity index (χ0v) is 14.1. The maximum Gasteiger partial charge on any atom is 0.0337 e. The van der Waals surface area contributed by atoms with Crippen molar-refractivity contribution in [2.75, 3.05) is 12.4 Å². The highest BCUT2D eigenvalue weighted by Gasteiger charge is 2.02. The van der Waals surface area contributed by atoms with Gasteiger partial charge >= 0.3 is 0 Å². The van der Waals surface area contributed by atoms with Crippen molar-refractivity contribution in [2.45, 2.75) is 32.6 Å². The van der Waals surface area contributed by atoms with Gasteiger partial charge in [0.15, 0.2) is 0 Å². The lowest BCUT2D eigenvalue weighted by Crippen LogP contribution is -1.88. The standard InChI is InChI=1S/C22H25N/c1-3-4-5-6-17-7-8-21-16-20(10-9-19(21)15-17)18-11-13-22(23-2)14-12-18/h7-16,23H,3-6H2,1-2H3. The Hall–Kier alpha value is -2.28. The summed E-state index contributed by atoms with van der Waals surface area (Å²) in [6.07, 6.45) is 5.08. The van der Waals surface area contributed by atoms with Gasteiger partial charge < -0.3 is 5.32 Å². The number of nitrogens with one attached hydrogen (secondary N) is 1. The number of rotatable bonds is 6. The van der Waals surface area contributed by atoms with Crippen molar-refractivity contribution in [3.63, 3.8) is 0 Å². The van der Waals surface area contributed by atoms with Crippen LogP contribution in [-0.4, -0.2) is 7.05 Å². The van der Waals surface area contributed by atoms with Gasteiger partial charge in [0, 0.05) is 12.7 Å². The number of anilines is 1. The third-order valence-electron chi connectivity index (χ3n) is 4.48. The maximum atomic E-state index is 3.16. The van der Waals surface area contributed by atoms with Crippen LogP contribution < -0.4 is 5.32 Å². The average molecular weight is 303 g/mol. The van der Waals surface area contributed by atoms with E-state index in [0.717, 1.165) is 5.69 Å². The normalized spacial score (nSPS) is 10.9. The van der Waals surface area contributed by atoms with Crippen LogP contribution in [0.1, 0.15) is 31.7 Å². The summed E-state index contributed by atoms with van der Waals surface area (Å²) in [5.41, 5.74) is 5.14. The third-order valence-corrected chi connectivity index (χ3v) is 4.48. The zero-order chi connectivity index (χ0) is 16.1. The van der Waals surface area contributed by atoms with Gasteiger partial charge in [0.2, 0.25) is 0 Å². The molecule has 0 aromatic heterocycles. The van der Waals surface area contributed by atoms with Gasteiger partial charge in [-0.2, -0.15) is 0 Å². The molecule has 3 aromatic carbocycles. The molecule has 0 saturated heterocycles. The van der Waals surface area contributed by atoms with E-state index in [-0.39, 0.29) is 0 Å². The molecular weight excluding hydrogens is 278 g/mol. The first kappa shape index (κ1) is 15.6. The van der Waals surface area contributed by atoms with Gasteiger partial charge in [0.05, 0.1) is 0 Å². The summed E-state index contributed by atoms with van der Waals surface area (Å²) < 4.78 is 0. The molecule has 0 radical (unpaired) electrons. The topological polar surface area (TPSA) is 12.0 Å². The monoisotopic (exact) mass is 303 g/mol. The van der Waals surface area contributed by atoms with E-state index in [2.05, 4.69) is 72.9 Å². The maximum absolute atomic E-state index is 3.16. The fraction of sp³-hybridized carbons (Fsp3) is 0.273. The molecule has 0 fully saturated rings. The number of aryl methyl sites for hydroxylation is 1. The average Bonchev–Trinajstić information content (AvgIpc) is 2.61. The van der Waals surface area contributed by atoms with Gasteiger partial charge in [0.25, 0.3) is 0 Å². The fourth-order valence-electron chi connectivity index (χ4n) is 3.04. The molecule has 23 heavy (non-hydrogen) atoms. The van der Waals surface area contributed by atoms with Crippen molar-refractivity contribution in [1.29, 1.82) is 0 Å². The van der Waals surface area contributed by atoms with Crippen molar-refractivity contribution in [3.05, 3.63) is 66.2 Å². The van der Waals surface area contributed by atoms with Gasteiger partial charge in [-0.15, -0.1) is 0 Å². The molecule has 0 spiro atoms. The lowest BCUT2D eigenvalue weighted by atomic mass is 9.98. The highest BCUT2D eigenvalue weighted by Crippen LogP contribution is 2.26. The van der Waals surface area contributed by atoms with E-state index in [9.17, 15) is 0 Å². The van der Waals surface area contributed by atoms with E-state index in [1.54, 1.807) is 0 Å². The first-order valence-electron chi connectivity index (χ1n) is 8.61. The second kappa shape index (κ2) is 7.32.